The predicted octanol–water partition coefficient (Wildman–Crippen LogP) is 6.54. The van der Waals surface area contributed by atoms with Gasteiger partial charge in [-0.3, -0.25) is 4.79 Å². The largest absolute Gasteiger partial charge is 0.462 e. The van der Waals surface area contributed by atoms with Crippen LogP contribution in [0.5, 0.6) is 0 Å². The molecule has 0 spiro atoms. The molecule has 4 nitrogen and oxygen atoms in total. The van der Waals surface area contributed by atoms with Gasteiger partial charge in [-0.2, -0.15) is 0 Å². The Morgan fingerprint density at radius 2 is 1.24 bits per heavy atom. The van der Waals surface area contributed by atoms with Crippen molar-refractivity contribution >= 4 is 5.97 Å². The van der Waals surface area contributed by atoms with Crippen molar-refractivity contribution in [3.05, 3.63) is 0 Å². The first-order valence-corrected chi connectivity index (χ1v) is 12.8. The third-order valence-corrected chi connectivity index (χ3v) is 5.58. The molecule has 0 aliphatic heterocycles. The Balaban J connectivity index is 3.98. The van der Waals surface area contributed by atoms with Crippen LogP contribution in [0, 0.1) is 0 Å². The van der Waals surface area contributed by atoms with Crippen molar-refractivity contribution in [3.8, 4) is 0 Å². The van der Waals surface area contributed by atoms with Crippen molar-refractivity contribution in [2.45, 2.75) is 136 Å². The molecule has 0 fully saturated rings. The summed E-state index contributed by atoms with van der Waals surface area (Å²) in [6.07, 6.45) is 21.2. The van der Waals surface area contributed by atoms with Crippen molar-refractivity contribution < 1.29 is 14.6 Å². The molecule has 0 atom stereocenters. The lowest BCUT2D eigenvalue weighted by molar-refractivity contribution is -0.150. The van der Waals surface area contributed by atoms with Crippen LogP contribution in [-0.4, -0.2) is 36.9 Å². The molecule has 0 aromatic heterocycles. The quantitative estimate of drug-likeness (QED) is 0.147. The maximum atomic E-state index is 12.3. The summed E-state index contributed by atoms with van der Waals surface area (Å²) in [5, 5.41) is 11.9. The first-order valence-electron chi connectivity index (χ1n) is 12.8. The van der Waals surface area contributed by atoms with Gasteiger partial charge in [-0.05, 0) is 45.1 Å². The molecule has 2 N–H and O–H groups in total. The van der Waals surface area contributed by atoms with E-state index in [9.17, 15) is 4.79 Å². The van der Waals surface area contributed by atoms with Gasteiger partial charge in [-0.15, -0.1) is 0 Å². The van der Waals surface area contributed by atoms with E-state index in [2.05, 4.69) is 19.2 Å². The van der Waals surface area contributed by atoms with Crippen LogP contribution in [0.4, 0.5) is 0 Å². The number of ether oxygens (including phenoxy) is 1. The Morgan fingerprint density at radius 1 is 0.724 bits per heavy atom. The molecule has 0 saturated carbocycles. The highest BCUT2D eigenvalue weighted by atomic mass is 16.5. The normalized spacial score (nSPS) is 11.3. The van der Waals surface area contributed by atoms with Crippen molar-refractivity contribution in [1.82, 2.24) is 5.32 Å². The van der Waals surface area contributed by atoms with Gasteiger partial charge >= 0.3 is 5.97 Å². The standard InChI is InChI=1S/C25H51NO3/c1-3-5-7-9-11-14-18-24(19-15-12-10-8-6-4-2)29-25(28)20-16-13-17-21-26-22-23-27/h24,26-27H,3-23H2,1-2H3. The SMILES string of the molecule is CCCCCCCCC(CCCCCCCC)OC(=O)CCCCCNCCO. The van der Waals surface area contributed by atoms with E-state index in [4.69, 9.17) is 9.84 Å². The van der Waals surface area contributed by atoms with Crippen molar-refractivity contribution in [3.63, 3.8) is 0 Å². The Labute approximate surface area is 181 Å². The van der Waals surface area contributed by atoms with Crippen LogP contribution in [0.25, 0.3) is 0 Å². The minimum absolute atomic E-state index is 0.00437. The van der Waals surface area contributed by atoms with Crippen LogP contribution in [0.2, 0.25) is 0 Å². The lowest BCUT2D eigenvalue weighted by Gasteiger charge is -2.18. The van der Waals surface area contributed by atoms with E-state index in [0.29, 0.717) is 13.0 Å². The molecule has 0 saturated heterocycles. The number of rotatable bonds is 23. The number of nitrogens with one attached hydrogen (secondary N) is 1. The van der Waals surface area contributed by atoms with E-state index in [1.165, 1.54) is 77.0 Å². The molecular weight excluding hydrogens is 362 g/mol. The van der Waals surface area contributed by atoms with E-state index in [-0.39, 0.29) is 18.7 Å². The summed E-state index contributed by atoms with van der Waals surface area (Å²) < 4.78 is 5.86. The summed E-state index contributed by atoms with van der Waals surface area (Å²) >= 11 is 0. The zero-order valence-electron chi connectivity index (χ0n) is 19.7. The van der Waals surface area contributed by atoms with Gasteiger partial charge in [0.15, 0.2) is 0 Å². The third-order valence-electron chi connectivity index (χ3n) is 5.58. The Hall–Kier alpha value is -0.610. The molecule has 0 rings (SSSR count). The number of hydrogen-bond donors (Lipinski definition) is 2. The molecule has 0 aromatic carbocycles. The van der Waals surface area contributed by atoms with Gasteiger partial charge in [0.25, 0.3) is 0 Å². The number of hydrogen-bond acceptors (Lipinski definition) is 4. The van der Waals surface area contributed by atoms with E-state index in [1.807, 2.05) is 0 Å². The first-order chi connectivity index (χ1) is 14.2. The summed E-state index contributed by atoms with van der Waals surface area (Å²) in [6.45, 7) is 6.25. The molecule has 4 heteroatoms. The lowest BCUT2D eigenvalue weighted by atomic mass is 10.0. The molecule has 0 radical (unpaired) electrons. The summed E-state index contributed by atoms with van der Waals surface area (Å²) in [5.41, 5.74) is 0. The van der Waals surface area contributed by atoms with Gasteiger partial charge in [0.2, 0.25) is 0 Å². The maximum absolute atomic E-state index is 12.3. The van der Waals surface area contributed by atoms with Gasteiger partial charge in [-0.25, -0.2) is 0 Å². The first kappa shape index (κ1) is 28.4. The smallest absolute Gasteiger partial charge is 0.306 e. The third kappa shape index (κ3) is 21.9. The van der Waals surface area contributed by atoms with E-state index in [0.717, 1.165) is 38.6 Å². The monoisotopic (exact) mass is 413 g/mol. The second-order valence-electron chi connectivity index (χ2n) is 8.51. The fourth-order valence-corrected chi connectivity index (χ4v) is 3.71. The molecule has 0 amide bonds. The fourth-order valence-electron chi connectivity index (χ4n) is 3.71. The molecule has 0 aromatic rings. The highest BCUT2D eigenvalue weighted by Crippen LogP contribution is 2.18. The predicted molar refractivity (Wildman–Crippen MR) is 124 cm³/mol. The zero-order valence-corrected chi connectivity index (χ0v) is 19.7. The highest BCUT2D eigenvalue weighted by molar-refractivity contribution is 5.69. The molecule has 29 heavy (non-hydrogen) atoms. The number of aliphatic hydroxyl groups is 1. The van der Waals surface area contributed by atoms with E-state index >= 15 is 0 Å². The minimum Gasteiger partial charge on any atom is -0.462 e. The summed E-state index contributed by atoms with van der Waals surface area (Å²) in [6, 6.07) is 0. The molecule has 174 valence electrons. The van der Waals surface area contributed by atoms with Crippen molar-refractivity contribution in [1.29, 1.82) is 0 Å². The Morgan fingerprint density at radius 3 is 1.79 bits per heavy atom. The minimum atomic E-state index is -0.00437. The molecule has 0 bridgehead atoms. The van der Waals surface area contributed by atoms with E-state index < -0.39 is 0 Å². The average molecular weight is 414 g/mol. The fraction of sp³-hybridized carbons (Fsp3) is 0.960. The number of carbonyl (C=O) groups is 1. The van der Waals surface area contributed by atoms with Gasteiger partial charge in [0.05, 0.1) is 6.61 Å². The Kier molecular flexibility index (Phi) is 23.2. The van der Waals surface area contributed by atoms with Crippen molar-refractivity contribution in [2.75, 3.05) is 19.7 Å². The van der Waals surface area contributed by atoms with Gasteiger partial charge < -0.3 is 15.2 Å². The lowest BCUT2D eigenvalue weighted by Crippen LogP contribution is -2.20. The van der Waals surface area contributed by atoms with Crippen molar-refractivity contribution in [2.24, 2.45) is 0 Å². The van der Waals surface area contributed by atoms with Crippen LogP contribution < -0.4 is 5.32 Å². The van der Waals surface area contributed by atoms with Crippen LogP contribution in [0.15, 0.2) is 0 Å². The van der Waals surface area contributed by atoms with Crippen LogP contribution in [0.1, 0.15) is 129 Å². The molecule has 0 unspecified atom stereocenters. The molecule has 0 heterocycles. The Bertz CT molecular complexity index is 320. The summed E-state index contributed by atoms with van der Waals surface area (Å²) in [7, 11) is 0. The van der Waals surface area contributed by atoms with Crippen LogP contribution in [-0.2, 0) is 9.53 Å². The number of aliphatic hydroxyl groups excluding tert-OH is 1. The number of carbonyl (C=O) groups excluding carboxylic acids is 1. The van der Waals surface area contributed by atoms with Gasteiger partial charge in [0, 0.05) is 13.0 Å². The second kappa shape index (κ2) is 23.7. The maximum Gasteiger partial charge on any atom is 0.306 e. The topological polar surface area (TPSA) is 58.6 Å². The highest BCUT2D eigenvalue weighted by Gasteiger charge is 2.14. The molecule has 0 aliphatic rings. The van der Waals surface area contributed by atoms with Gasteiger partial charge in [0.1, 0.15) is 6.10 Å². The second-order valence-corrected chi connectivity index (χ2v) is 8.51. The van der Waals surface area contributed by atoms with E-state index in [1.54, 1.807) is 0 Å². The average Bonchev–Trinajstić information content (AvgIpc) is 2.72. The molecular formula is C25H51NO3. The summed E-state index contributed by atoms with van der Waals surface area (Å²) in [4.78, 5) is 12.3. The number of unbranched alkanes of at least 4 members (excludes halogenated alkanes) is 12. The van der Waals surface area contributed by atoms with Crippen LogP contribution >= 0.6 is 0 Å². The summed E-state index contributed by atoms with van der Waals surface area (Å²) in [5.74, 6) is -0.00437. The number of esters is 1. The van der Waals surface area contributed by atoms with Crippen LogP contribution in [0.3, 0.4) is 0 Å². The van der Waals surface area contributed by atoms with Gasteiger partial charge in [-0.1, -0.05) is 84.5 Å². The molecule has 0 aliphatic carbocycles. The zero-order chi connectivity index (χ0) is 21.4.